The maximum absolute atomic E-state index is 5.88. The van der Waals surface area contributed by atoms with Gasteiger partial charge in [0.2, 0.25) is 0 Å². The van der Waals surface area contributed by atoms with Crippen molar-refractivity contribution in [2.24, 2.45) is 0 Å². The third-order valence-electron chi connectivity index (χ3n) is 3.99. The first kappa shape index (κ1) is 11.7. The Morgan fingerprint density at radius 2 is 2.25 bits per heavy atom. The predicted octanol–water partition coefficient (Wildman–Crippen LogP) is 3.73. The van der Waals surface area contributed by atoms with E-state index >= 15 is 0 Å². The van der Waals surface area contributed by atoms with Crippen LogP contribution in [0, 0.1) is 0 Å². The summed E-state index contributed by atoms with van der Waals surface area (Å²) in [7, 11) is 0. The van der Waals surface area contributed by atoms with Crippen LogP contribution < -0.4 is 5.73 Å². The second-order valence-electron chi connectivity index (χ2n) is 5.18. The summed E-state index contributed by atoms with van der Waals surface area (Å²) in [5.41, 5.74) is 10.7. The first-order chi connectivity index (χ1) is 9.83. The number of aromatic nitrogens is 2. The number of benzene rings is 1. The topological polar surface area (TPSA) is 43.8 Å². The van der Waals surface area contributed by atoms with Crippen LogP contribution in [0.5, 0.6) is 0 Å². The van der Waals surface area contributed by atoms with E-state index in [2.05, 4.69) is 39.2 Å². The summed E-state index contributed by atoms with van der Waals surface area (Å²) in [6.07, 6.45) is 6.12. The number of nitrogens with zero attached hydrogens (tertiary/aromatic N) is 2. The van der Waals surface area contributed by atoms with E-state index in [1.165, 1.54) is 21.7 Å². The lowest BCUT2D eigenvalue weighted by molar-refractivity contribution is 0.585. The van der Waals surface area contributed by atoms with Gasteiger partial charge in [-0.05, 0) is 47.5 Å². The second-order valence-corrected chi connectivity index (χ2v) is 6.12. The smallest absolute Gasteiger partial charge is 0.0956 e. The Morgan fingerprint density at radius 3 is 3.10 bits per heavy atom. The predicted molar refractivity (Wildman–Crippen MR) is 82.9 cm³/mol. The summed E-state index contributed by atoms with van der Waals surface area (Å²) in [4.78, 5) is 5.63. The maximum atomic E-state index is 5.88. The minimum atomic E-state index is 0.380. The molecule has 0 saturated carbocycles. The van der Waals surface area contributed by atoms with Gasteiger partial charge in [-0.15, -0.1) is 11.3 Å². The molecule has 0 spiro atoms. The van der Waals surface area contributed by atoms with E-state index in [0.29, 0.717) is 6.04 Å². The van der Waals surface area contributed by atoms with E-state index in [-0.39, 0.29) is 0 Å². The molecule has 0 amide bonds. The number of nitrogen functional groups attached to an aromatic ring is 1. The number of hydrogen-bond donors (Lipinski definition) is 1. The molecular formula is C16H15N3S. The lowest BCUT2D eigenvalue weighted by Gasteiger charge is -2.16. The van der Waals surface area contributed by atoms with Gasteiger partial charge in [-0.3, -0.25) is 0 Å². The van der Waals surface area contributed by atoms with Gasteiger partial charge in [-0.1, -0.05) is 12.1 Å². The fraction of sp³-hybridized carbons (Fsp3) is 0.188. The van der Waals surface area contributed by atoms with Crippen LogP contribution in [0.2, 0.25) is 0 Å². The van der Waals surface area contributed by atoms with Crippen LogP contribution in [0.15, 0.2) is 48.2 Å². The molecule has 3 nitrogen and oxygen atoms in total. The van der Waals surface area contributed by atoms with E-state index in [1.807, 2.05) is 18.6 Å². The zero-order valence-corrected chi connectivity index (χ0v) is 11.8. The van der Waals surface area contributed by atoms with Crippen LogP contribution in [0.4, 0.5) is 5.69 Å². The van der Waals surface area contributed by atoms with E-state index in [4.69, 9.17) is 5.73 Å². The molecule has 0 fully saturated rings. The first-order valence-corrected chi connectivity index (χ1v) is 7.65. The quantitative estimate of drug-likeness (QED) is 0.727. The van der Waals surface area contributed by atoms with E-state index in [0.717, 1.165) is 18.5 Å². The summed E-state index contributed by atoms with van der Waals surface area (Å²) >= 11 is 1.76. The molecule has 4 rings (SSSR count). The van der Waals surface area contributed by atoms with Crippen LogP contribution >= 0.6 is 11.3 Å². The molecule has 100 valence electrons. The van der Waals surface area contributed by atoms with E-state index in [1.54, 1.807) is 11.3 Å². The van der Waals surface area contributed by atoms with Gasteiger partial charge in [0.15, 0.2) is 0 Å². The molecule has 0 aliphatic heterocycles. The summed E-state index contributed by atoms with van der Waals surface area (Å²) in [6, 6.07) is 10.9. The molecule has 3 aromatic rings. The van der Waals surface area contributed by atoms with Crippen molar-refractivity contribution in [3.63, 3.8) is 0 Å². The van der Waals surface area contributed by atoms with Gasteiger partial charge >= 0.3 is 0 Å². The number of imidazole rings is 1. The van der Waals surface area contributed by atoms with Gasteiger partial charge in [-0.2, -0.15) is 0 Å². The fourth-order valence-corrected chi connectivity index (χ4v) is 3.81. The number of hydrogen-bond acceptors (Lipinski definition) is 3. The molecule has 1 unspecified atom stereocenters. The minimum absolute atomic E-state index is 0.380. The fourth-order valence-electron chi connectivity index (χ4n) is 3.07. The average molecular weight is 281 g/mol. The van der Waals surface area contributed by atoms with Crippen LogP contribution in [0.25, 0.3) is 10.6 Å². The average Bonchev–Trinajstić information content (AvgIpc) is 3.17. The van der Waals surface area contributed by atoms with Gasteiger partial charge < -0.3 is 10.3 Å². The van der Waals surface area contributed by atoms with E-state index < -0.39 is 0 Å². The summed E-state index contributed by atoms with van der Waals surface area (Å²) in [6.45, 7) is 0. The van der Waals surface area contributed by atoms with E-state index in [9.17, 15) is 0 Å². The number of anilines is 1. The Kier molecular flexibility index (Phi) is 2.63. The van der Waals surface area contributed by atoms with Crippen molar-refractivity contribution in [3.8, 4) is 10.6 Å². The summed E-state index contributed by atoms with van der Waals surface area (Å²) in [5.74, 6) is 0. The lowest BCUT2D eigenvalue weighted by atomic mass is 10.1. The minimum Gasteiger partial charge on any atom is -0.399 e. The Morgan fingerprint density at radius 1 is 1.30 bits per heavy atom. The Balaban J connectivity index is 1.80. The Hall–Kier alpha value is -2.07. The molecule has 2 N–H and O–H groups in total. The van der Waals surface area contributed by atoms with Crippen molar-refractivity contribution in [1.82, 2.24) is 9.55 Å². The van der Waals surface area contributed by atoms with Crippen molar-refractivity contribution >= 4 is 17.0 Å². The van der Waals surface area contributed by atoms with Gasteiger partial charge in [0, 0.05) is 5.69 Å². The molecule has 0 radical (unpaired) electrons. The number of aryl methyl sites for hydroxylation is 1. The standard InChI is InChI=1S/C16H15N3S/c17-12-4-5-13-11(8-12)3-6-14(13)19-10-18-9-15(19)16-2-1-7-20-16/h1-2,4-5,7-10,14H,3,6,17H2. The third-order valence-corrected chi connectivity index (χ3v) is 4.88. The van der Waals surface area contributed by atoms with Crippen molar-refractivity contribution in [3.05, 3.63) is 59.4 Å². The SMILES string of the molecule is Nc1ccc2c(c1)CCC2n1cncc1-c1cccs1. The molecule has 0 saturated heterocycles. The highest BCUT2D eigenvalue weighted by Gasteiger charge is 2.25. The van der Waals surface area contributed by atoms with Gasteiger partial charge in [0.1, 0.15) is 0 Å². The van der Waals surface area contributed by atoms with Gasteiger partial charge in [0.25, 0.3) is 0 Å². The van der Waals surface area contributed by atoms with Crippen molar-refractivity contribution in [1.29, 1.82) is 0 Å². The molecule has 2 aromatic heterocycles. The highest BCUT2D eigenvalue weighted by molar-refractivity contribution is 7.13. The third kappa shape index (κ3) is 1.76. The first-order valence-electron chi connectivity index (χ1n) is 6.77. The Bertz CT molecular complexity index is 743. The largest absolute Gasteiger partial charge is 0.399 e. The second kappa shape index (κ2) is 4.49. The molecule has 1 aromatic carbocycles. The monoisotopic (exact) mass is 281 g/mol. The molecule has 0 bridgehead atoms. The molecule has 4 heteroatoms. The van der Waals surface area contributed by atoms with Crippen LogP contribution in [-0.4, -0.2) is 9.55 Å². The number of thiophene rings is 1. The molecule has 2 heterocycles. The van der Waals surface area contributed by atoms with Crippen molar-refractivity contribution in [2.75, 3.05) is 5.73 Å². The number of fused-ring (bicyclic) bond motifs is 1. The molecule has 20 heavy (non-hydrogen) atoms. The normalized spacial score (nSPS) is 17.3. The zero-order valence-electron chi connectivity index (χ0n) is 11.0. The summed E-state index contributed by atoms with van der Waals surface area (Å²) < 4.78 is 2.30. The highest BCUT2D eigenvalue weighted by atomic mass is 32.1. The highest BCUT2D eigenvalue weighted by Crippen LogP contribution is 2.38. The molecular weight excluding hydrogens is 266 g/mol. The lowest BCUT2D eigenvalue weighted by Crippen LogP contribution is -2.07. The van der Waals surface area contributed by atoms with Gasteiger partial charge in [0.05, 0.1) is 29.1 Å². The summed E-state index contributed by atoms with van der Waals surface area (Å²) in [5, 5.41) is 2.11. The maximum Gasteiger partial charge on any atom is 0.0956 e. The van der Waals surface area contributed by atoms with Crippen LogP contribution in [-0.2, 0) is 6.42 Å². The number of rotatable bonds is 2. The molecule has 1 aliphatic carbocycles. The molecule has 1 aliphatic rings. The Labute approximate surface area is 121 Å². The van der Waals surface area contributed by atoms with Crippen LogP contribution in [0.3, 0.4) is 0 Å². The molecule has 1 atom stereocenters. The van der Waals surface area contributed by atoms with Gasteiger partial charge in [-0.25, -0.2) is 4.98 Å². The zero-order chi connectivity index (χ0) is 13.5. The number of nitrogens with two attached hydrogens (primary N) is 1. The van der Waals surface area contributed by atoms with Crippen molar-refractivity contribution in [2.45, 2.75) is 18.9 Å². The van der Waals surface area contributed by atoms with Crippen molar-refractivity contribution < 1.29 is 0 Å². The van der Waals surface area contributed by atoms with Crippen LogP contribution in [0.1, 0.15) is 23.6 Å².